The van der Waals surface area contributed by atoms with Crippen LogP contribution in [0.1, 0.15) is 45.4 Å². The standard InChI is InChI=1S/C11H23ClSi/c1-4-6-7-8-9-10-11-13(3,12)5-2/h5H,2,4,6-11H2,1,3H3. The molecule has 0 heterocycles. The minimum absolute atomic E-state index is 1.20. The third-order valence-electron chi connectivity index (χ3n) is 2.44. The van der Waals surface area contributed by atoms with E-state index >= 15 is 0 Å². The Labute approximate surface area is 89.1 Å². The summed E-state index contributed by atoms with van der Waals surface area (Å²) in [5.74, 6) is 0. The lowest BCUT2D eigenvalue weighted by Gasteiger charge is -2.12. The maximum atomic E-state index is 6.28. The molecule has 0 saturated heterocycles. The maximum absolute atomic E-state index is 6.28. The Kier molecular flexibility index (Phi) is 7.78. The van der Waals surface area contributed by atoms with Crippen molar-refractivity contribution in [2.24, 2.45) is 0 Å². The molecule has 0 radical (unpaired) electrons. The van der Waals surface area contributed by atoms with E-state index in [0.717, 1.165) is 0 Å². The van der Waals surface area contributed by atoms with Crippen LogP contribution in [0.2, 0.25) is 12.6 Å². The molecule has 78 valence electrons. The number of hydrogen-bond acceptors (Lipinski definition) is 0. The smallest absolute Gasteiger partial charge is 0.162 e. The molecule has 0 nitrogen and oxygen atoms in total. The molecule has 0 aliphatic rings. The van der Waals surface area contributed by atoms with E-state index in [9.17, 15) is 0 Å². The van der Waals surface area contributed by atoms with Gasteiger partial charge in [0, 0.05) is 0 Å². The molecule has 13 heavy (non-hydrogen) atoms. The molecule has 0 aromatic carbocycles. The Morgan fingerprint density at radius 1 is 1.15 bits per heavy atom. The second-order valence-corrected chi connectivity index (χ2v) is 10.1. The summed E-state index contributed by atoms with van der Waals surface area (Å²) in [6.07, 6.45) is 8.13. The van der Waals surface area contributed by atoms with E-state index in [0.29, 0.717) is 0 Å². The highest BCUT2D eigenvalue weighted by atomic mass is 35.6. The zero-order valence-corrected chi connectivity index (χ0v) is 10.9. The molecule has 0 bridgehead atoms. The van der Waals surface area contributed by atoms with Crippen molar-refractivity contribution in [1.29, 1.82) is 0 Å². The molecular weight excluding hydrogens is 196 g/mol. The van der Waals surface area contributed by atoms with Crippen LogP contribution in [-0.2, 0) is 0 Å². The predicted molar refractivity (Wildman–Crippen MR) is 65.9 cm³/mol. The second-order valence-electron chi connectivity index (χ2n) is 4.00. The van der Waals surface area contributed by atoms with Crippen molar-refractivity contribution >= 4 is 18.5 Å². The lowest BCUT2D eigenvalue weighted by atomic mass is 10.1. The van der Waals surface area contributed by atoms with Gasteiger partial charge >= 0.3 is 0 Å². The number of halogens is 1. The van der Waals surface area contributed by atoms with Gasteiger partial charge in [0.1, 0.15) is 0 Å². The van der Waals surface area contributed by atoms with Crippen molar-refractivity contribution in [3.8, 4) is 0 Å². The maximum Gasteiger partial charge on any atom is 0.176 e. The molecule has 0 aromatic heterocycles. The highest BCUT2D eigenvalue weighted by Crippen LogP contribution is 2.20. The molecule has 0 aliphatic carbocycles. The average Bonchev–Trinajstić information content (AvgIpc) is 2.11. The molecule has 0 rings (SSSR count). The summed E-state index contributed by atoms with van der Waals surface area (Å²) in [5, 5.41) is 0. The summed E-state index contributed by atoms with van der Waals surface area (Å²) >= 11 is 6.28. The number of hydrogen-bond donors (Lipinski definition) is 0. The van der Waals surface area contributed by atoms with Crippen LogP contribution in [-0.4, -0.2) is 7.38 Å². The first-order valence-corrected chi connectivity index (χ1v) is 9.24. The average molecular weight is 219 g/mol. The van der Waals surface area contributed by atoms with Crippen molar-refractivity contribution in [1.82, 2.24) is 0 Å². The normalized spacial score (nSPS) is 15.3. The zero-order valence-electron chi connectivity index (χ0n) is 9.11. The van der Waals surface area contributed by atoms with Crippen molar-refractivity contribution < 1.29 is 0 Å². The molecular formula is C11H23ClSi. The van der Waals surface area contributed by atoms with Crippen molar-refractivity contribution in [3.05, 3.63) is 12.3 Å². The topological polar surface area (TPSA) is 0 Å². The fraction of sp³-hybridized carbons (Fsp3) is 0.818. The highest BCUT2D eigenvalue weighted by Gasteiger charge is 2.18. The zero-order chi connectivity index (χ0) is 10.2. The highest BCUT2D eigenvalue weighted by molar-refractivity contribution is 7.22. The molecule has 0 fully saturated rings. The SMILES string of the molecule is C=C[Si](C)(Cl)CCCCCCCC. The Morgan fingerprint density at radius 3 is 2.23 bits per heavy atom. The monoisotopic (exact) mass is 218 g/mol. The van der Waals surface area contributed by atoms with Crippen LogP contribution in [0.25, 0.3) is 0 Å². The Bertz CT molecular complexity index is 132. The van der Waals surface area contributed by atoms with E-state index in [1.54, 1.807) is 0 Å². The van der Waals surface area contributed by atoms with Gasteiger partial charge in [0.25, 0.3) is 0 Å². The second kappa shape index (κ2) is 7.63. The van der Waals surface area contributed by atoms with Crippen LogP contribution in [0, 0.1) is 0 Å². The lowest BCUT2D eigenvalue weighted by molar-refractivity contribution is 0.623. The predicted octanol–water partition coefficient (Wildman–Crippen LogP) is 4.89. The summed E-state index contributed by atoms with van der Waals surface area (Å²) in [5.41, 5.74) is 1.99. The molecule has 0 saturated carbocycles. The summed E-state index contributed by atoms with van der Waals surface area (Å²) in [4.78, 5) is 0. The van der Waals surface area contributed by atoms with Gasteiger partial charge < -0.3 is 0 Å². The van der Waals surface area contributed by atoms with Gasteiger partial charge in [-0.05, 0) is 6.04 Å². The van der Waals surface area contributed by atoms with Crippen LogP contribution >= 0.6 is 11.1 Å². The molecule has 1 atom stereocenters. The van der Waals surface area contributed by atoms with Gasteiger partial charge in [-0.1, -0.05) is 57.7 Å². The van der Waals surface area contributed by atoms with Crippen LogP contribution in [0.3, 0.4) is 0 Å². The van der Waals surface area contributed by atoms with Crippen molar-refractivity contribution in [2.45, 2.75) is 58.0 Å². The fourth-order valence-corrected chi connectivity index (χ4v) is 2.90. The summed E-state index contributed by atoms with van der Waals surface area (Å²) in [6, 6.07) is 1.20. The molecule has 0 N–H and O–H groups in total. The molecule has 0 spiro atoms. The molecule has 2 heteroatoms. The van der Waals surface area contributed by atoms with Crippen LogP contribution in [0.5, 0.6) is 0 Å². The van der Waals surface area contributed by atoms with E-state index in [2.05, 4.69) is 20.0 Å². The van der Waals surface area contributed by atoms with Gasteiger partial charge in [-0.3, -0.25) is 0 Å². The first-order chi connectivity index (χ1) is 6.12. The van der Waals surface area contributed by atoms with Gasteiger partial charge in [-0.2, -0.15) is 11.1 Å². The van der Waals surface area contributed by atoms with Gasteiger partial charge in [0.2, 0.25) is 0 Å². The molecule has 0 aromatic rings. The minimum Gasteiger partial charge on any atom is -0.162 e. The van der Waals surface area contributed by atoms with E-state index in [4.69, 9.17) is 11.1 Å². The first kappa shape index (κ1) is 13.2. The molecule has 1 unspecified atom stereocenters. The summed E-state index contributed by atoms with van der Waals surface area (Å²) in [6.45, 7) is 8.22. The fourth-order valence-electron chi connectivity index (χ4n) is 1.35. The molecule has 0 aliphatic heterocycles. The van der Waals surface area contributed by atoms with E-state index in [1.807, 2.05) is 5.70 Å². The van der Waals surface area contributed by atoms with E-state index in [-0.39, 0.29) is 0 Å². The third-order valence-corrected chi connectivity index (χ3v) is 5.66. The number of rotatable bonds is 8. The summed E-state index contributed by atoms with van der Waals surface area (Å²) in [7, 11) is -1.51. The quantitative estimate of drug-likeness (QED) is 0.309. The van der Waals surface area contributed by atoms with Gasteiger partial charge in [-0.15, -0.1) is 6.58 Å². The molecule has 0 amide bonds. The lowest BCUT2D eigenvalue weighted by Crippen LogP contribution is -2.17. The Balaban J connectivity index is 3.20. The van der Waals surface area contributed by atoms with Crippen molar-refractivity contribution in [2.75, 3.05) is 0 Å². The largest absolute Gasteiger partial charge is 0.176 e. The van der Waals surface area contributed by atoms with Crippen LogP contribution < -0.4 is 0 Å². The van der Waals surface area contributed by atoms with E-state index in [1.165, 1.54) is 44.6 Å². The first-order valence-electron chi connectivity index (χ1n) is 5.45. The van der Waals surface area contributed by atoms with Crippen molar-refractivity contribution in [3.63, 3.8) is 0 Å². The Morgan fingerprint density at radius 2 is 1.69 bits per heavy atom. The van der Waals surface area contributed by atoms with Gasteiger partial charge in [0.15, 0.2) is 7.38 Å². The van der Waals surface area contributed by atoms with Gasteiger partial charge in [-0.25, -0.2) is 0 Å². The summed E-state index contributed by atoms with van der Waals surface area (Å²) < 4.78 is 0. The van der Waals surface area contributed by atoms with Gasteiger partial charge in [0.05, 0.1) is 0 Å². The van der Waals surface area contributed by atoms with Crippen LogP contribution in [0.15, 0.2) is 12.3 Å². The Hall–Kier alpha value is 0.247. The number of unbranched alkanes of at least 4 members (excludes halogenated alkanes) is 5. The van der Waals surface area contributed by atoms with E-state index < -0.39 is 7.38 Å². The van der Waals surface area contributed by atoms with Crippen LogP contribution in [0.4, 0.5) is 0 Å². The minimum atomic E-state index is -1.51. The third kappa shape index (κ3) is 8.57.